The van der Waals surface area contributed by atoms with Crippen LogP contribution in [0.4, 0.5) is 8.78 Å². The maximum Gasteiger partial charge on any atom is 0.488 e. The average Bonchev–Trinajstić information content (AvgIpc) is 0.900. The highest BCUT2D eigenvalue weighted by atomic mass is 35.5. The maximum absolute atomic E-state index is 14.6. The number of rotatable bonds is 18. The highest BCUT2D eigenvalue weighted by molar-refractivity contribution is 6.58. The summed E-state index contributed by atoms with van der Waals surface area (Å²) in [5.41, 5.74) is 8.74. The van der Waals surface area contributed by atoms with Crippen LogP contribution in [0.2, 0.25) is 5.02 Å². The molecule has 2 amide bonds. The highest BCUT2D eigenvalue weighted by Crippen LogP contribution is 2.53. The minimum Gasteiger partial charge on any atom is -0.487 e. The number of pyridine rings is 2. The normalized spacial score (nSPS) is 18.5. The van der Waals surface area contributed by atoms with Gasteiger partial charge in [-0.1, -0.05) is 83.5 Å². The molecule has 4 aromatic carbocycles. The molecule has 2 aromatic heterocycles. The lowest BCUT2D eigenvalue weighted by molar-refractivity contribution is -0.121. The standard InChI is InChI=1S/C35H43FN2O3.C30H39ClFNO3.C5H6BNO2/c1-23(39)38-31(19-25-16-28(20-29(36)17-25)26-10-14-37-15-11-26)32(40)8-7-27-22-35(12-5-13-35)41-33-9-6-24(18-30(27)33)21-34(2,3)4;1-19(34)33-26(15-21-12-23(31)16-24(32)13-21)27(35)8-7-22-18-30(10-5-11-30)36-28-9-6-20(14-25(22)28)17-29(2,3)4;8-6(9)5-1-3-7-4-2-5/h6,9-11,14-18,20,27,31-32,40H,5,7-8,12-13,19,21-22H2,1-4H3,(H,38,39);6,9,12-14,16,22,26-27,35H,5,7-8,10-11,15,17-18H2,1-4H3,(H,33,34);1-4,8-9H/t27-,31-,32+;22-,26-,27+;/m00./s1. The summed E-state index contributed by atoms with van der Waals surface area (Å²) >= 11 is 6.03. The van der Waals surface area contributed by atoms with Crippen LogP contribution in [0.5, 0.6) is 11.5 Å². The number of hydrogen-bond donors (Lipinski definition) is 6. The Morgan fingerprint density at radius 3 is 1.42 bits per heavy atom. The SMILES string of the molecule is CC(=O)N[C@@H](Cc1cc(F)cc(-c2ccncc2)c1)[C@H](O)CC[C@H]1CC2(CCC2)Oc2ccc(CC(C)(C)C)cc21.CC(=O)N[C@@H](Cc1cc(F)cc(Cl)c1)[C@H](O)CC[C@H]1CC2(CCC2)Oc2ccc(CC(C)(C)C)cc21.OB(O)c1ccncc1. The van der Waals surface area contributed by atoms with Gasteiger partial charge in [0.1, 0.15) is 34.3 Å². The molecule has 10 rings (SSSR count). The second kappa shape index (κ2) is 28.7. The molecule has 0 saturated heterocycles. The van der Waals surface area contributed by atoms with Gasteiger partial charge in [0.15, 0.2) is 0 Å². The number of amides is 2. The fourth-order valence-electron chi connectivity index (χ4n) is 12.9. The van der Waals surface area contributed by atoms with E-state index in [1.165, 1.54) is 85.6 Å². The summed E-state index contributed by atoms with van der Waals surface area (Å²) in [4.78, 5) is 31.8. The minimum absolute atomic E-state index is 0.0798. The van der Waals surface area contributed by atoms with Crippen LogP contribution < -0.4 is 25.6 Å². The highest BCUT2D eigenvalue weighted by Gasteiger charge is 2.47. The zero-order chi connectivity index (χ0) is 62.0. The first-order valence-electron chi connectivity index (χ1n) is 30.7. The summed E-state index contributed by atoms with van der Waals surface area (Å²) in [6.45, 7) is 16.4. The molecule has 6 N–H and O–H groups in total. The first-order valence-corrected chi connectivity index (χ1v) is 31.0. The number of nitrogens with zero attached hydrogens (tertiary/aromatic N) is 2. The van der Waals surface area contributed by atoms with E-state index < -0.39 is 37.2 Å². The number of aliphatic hydroxyl groups is 2. The molecule has 6 aromatic rings. The van der Waals surface area contributed by atoms with E-state index in [4.69, 9.17) is 31.1 Å². The van der Waals surface area contributed by atoms with Crippen molar-refractivity contribution in [2.24, 2.45) is 10.8 Å². The third kappa shape index (κ3) is 18.9. The van der Waals surface area contributed by atoms with Gasteiger partial charge in [-0.2, -0.15) is 0 Å². The number of carbonyl (C=O) groups is 2. The molecule has 0 radical (unpaired) electrons. The lowest BCUT2D eigenvalue weighted by atomic mass is 9.69. The number of ether oxygens (including phenoxy) is 2. The van der Waals surface area contributed by atoms with E-state index in [-0.39, 0.29) is 51.5 Å². The van der Waals surface area contributed by atoms with Gasteiger partial charge in [0.25, 0.3) is 0 Å². The summed E-state index contributed by atoms with van der Waals surface area (Å²) < 4.78 is 41.6. The molecule has 4 heterocycles. The topological polar surface area (TPSA) is 183 Å². The predicted octanol–water partition coefficient (Wildman–Crippen LogP) is 12.7. The first kappa shape index (κ1) is 65.7. The smallest absolute Gasteiger partial charge is 0.487 e. The molecule has 6 atom stereocenters. The van der Waals surface area contributed by atoms with Crippen molar-refractivity contribution < 1.29 is 48.1 Å². The van der Waals surface area contributed by atoms with Crippen molar-refractivity contribution >= 4 is 36.0 Å². The van der Waals surface area contributed by atoms with Gasteiger partial charge in [-0.05, 0) is 242 Å². The number of fused-ring (bicyclic) bond motifs is 2. The lowest BCUT2D eigenvalue weighted by Gasteiger charge is -2.48. The van der Waals surface area contributed by atoms with Crippen molar-refractivity contribution in [3.63, 3.8) is 0 Å². The fourth-order valence-corrected chi connectivity index (χ4v) is 13.1. The van der Waals surface area contributed by atoms with Crippen molar-refractivity contribution in [2.75, 3.05) is 0 Å². The zero-order valence-electron chi connectivity index (χ0n) is 51.4. The Morgan fingerprint density at radius 2 is 1.03 bits per heavy atom. The largest absolute Gasteiger partial charge is 0.488 e. The van der Waals surface area contributed by atoms with Gasteiger partial charge < -0.3 is 40.4 Å². The van der Waals surface area contributed by atoms with Crippen LogP contribution in [0.1, 0.15) is 178 Å². The van der Waals surface area contributed by atoms with Gasteiger partial charge in [-0.15, -0.1) is 0 Å². The molecule has 4 aliphatic rings. The molecule has 2 spiro atoms. The Morgan fingerprint density at radius 1 is 0.605 bits per heavy atom. The lowest BCUT2D eigenvalue weighted by Crippen LogP contribution is -2.47. The summed E-state index contributed by atoms with van der Waals surface area (Å²) in [5, 5.41) is 45.8. The molecule has 2 aliphatic heterocycles. The monoisotopic (exact) mass is 1200 g/mol. The minimum atomic E-state index is -1.38. The predicted molar refractivity (Wildman–Crippen MR) is 337 cm³/mol. The van der Waals surface area contributed by atoms with Crippen LogP contribution >= 0.6 is 11.6 Å². The zero-order valence-corrected chi connectivity index (χ0v) is 52.1. The summed E-state index contributed by atoms with van der Waals surface area (Å²) in [5.74, 6) is 1.31. The van der Waals surface area contributed by atoms with Crippen molar-refractivity contribution in [1.82, 2.24) is 20.6 Å². The maximum atomic E-state index is 14.6. The van der Waals surface area contributed by atoms with E-state index in [0.717, 1.165) is 92.4 Å². The quantitative estimate of drug-likeness (QED) is 0.0453. The van der Waals surface area contributed by atoms with E-state index in [1.807, 2.05) is 18.2 Å². The number of benzene rings is 4. The molecular weight excluding hydrogens is 1110 g/mol. The fraction of sp³-hybridized carbons (Fsp3) is 0.486. The Kier molecular flexibility index (Phi) is 22.0. The van der Waals surface area contributed by atoms with Gasteiger partial charge in [-0.3, -0.25) is 19.6 Å². The van der Waals surface area contributed by atoms with Crippen molar-refractivity contribution in [1.29, 1.82) is 0 Å². The van der Waals surface area contributed by atoms with Crippen LogP contribution in [-0.4, -0.2) is 84.7 Å². The summed E-state index contributed by atoms with van der Waals surface area (Å²) in [6, 6.07) is 28.2. The third-order valence-electron chi connectivity index (χ3n) is 17.1. The molecule has 2 aliphatic carbocycles. The van der Waals surface area contributed by atoms with Crippen LogP contribution in [-0.2, 0) is 35.3 Å². The van der Waals surface area contributed by atoms with Crippen LogP contribution in [0.25, 0.3) is 11.1 Å². The van der Waals surface area contributed by atoms with Gasteiger partial charge in [0, 0.05) is 43.7 Å². The van der Waals surface area contributed by atoms with E-state index in [1.54, 1.807) is 30.6 Å². The van der Waals surface area contributed by atoms with Crippen molar-refractivity contribution in [2.45, 2.75) is 205 Å². The molecule has 86 heavy (non-hydrogen) atoms. The van der Waals surface area contributed by atoms with Gasteiger partial charge in [-0.25, -0.2) is 8.78 Å². The molecule has 0 bridgehead atoms. The number of aromatic nitrogens is 2. The molecular formula is C70H88BClF2N4O8. The summed E-state index contributed by atoms with van der Waals surface area (Å²) in [6.07, 6.45) is 18.7. The summed E-state index contributed by atoms with van der Waals surface area (Å²) in [7, 11) is -1.38. The Balaban J connectivity index is 0.000000196. The van der Waals surface area contributed by atoms with E-state index in [0.29, 0.717) is 41.7 Å². The van der Waals surface area contributed by atoms with Crippen LogP contribution in [0, 0.1) is 22.5 Å². The van der Waals surface area contributed by atoms with Crippen molar-refractivity contribution in [3.05, 3.63) is 172 Å². The number of halogens is 3. The molecule has 16 heteroatoms. The van der Waals surface area contributed by atoms with E-state index in [9.17, 15) is 28.6 Å². The Hall–Kier alpha value is -6.23. The second-order valence-electron chi connectivity index (χ2n) is 27.1. The van der Waals surface area contributed by atoms with Gasteiger partial charge >= 0.3 is 7.12 Å². The molecule has 2 saturated carbocycles. The number of nitrogens with one attached hydrogen (secondary N) is 2. The molecule has 460 valence electrons. The molecule has 2 fully saturated rings. The molecule has 12 nitrogen and oxygen atoms in total. The first-order chi connectivity index (χ1) is 40.7. The number of hydrogen-bond acceptors (Lipinski definition) is 10. The molecule has 0 unspecified atom stereocenters. The van der Waals surface area contributed by atoms with Crippen LogP contribution in [0.15, 0.2) is 122 Å². The Bertz CT molecular complexity index is 3200. The van der Waals surface area contributed by atoms with Gasteiger partial charge in [0.2, 0.25) is 11.8 Å². The second-order valence-corrected chi connectivity index (χ2v) is 27.6. The number of aliphatic hydroxyl groups excluding tert-OH is 2. The van der Waals surface area contributed by atoms with E-state index >= 15 is 0 Å². The van der Waals surface area contributed by atoms with Gasteiger partial charge in [0.05, 0.1) is 24.3 Å². The average molecular weight is 1200 g/mol. The van der Waals surface area contributed by atoms with Crippen molar-refractivity contribution in [3.8, 4) is 22.6 Å². The van der Waals surface area contributed by atoms with Crippen LogP contribution in [0.3, 0.4) is 0 Å². The Labute approximate surface area is 513 Å². The van der Waals surface area contributed by atoms with E-state index in [2.05, 4.69) is 98.5 Å². The third-order valence-corrected chi connectivity index (χ3v) is 17.3. The number of carbonyl (C=O) groups excluding carboxylic acids is 2.